The van der Waals surface area contributed by atoms with Gasteiger partial charge in [0.05, 0.1) is 6.54 Å². The van der Waals surface area contributed by atoms with Crippen molar-refractivity contribution < 1.29 is 4.79 Å². The lowest BCUT2D eigenvalue weighted by atomic mass is 10.1. The fourth-order valence-corrected chi connectivity index (χ4v) is 3.37. The number of nitrogens with zero attached hydrogens (tertiary/aromatic N) is 2. The summed E-state index contributed by atoms with van der Waals surface area (Å²) in [5.74, 6) is 0.821. The van der Waals surface area contributed by atoms with Crippen LogP contribution in [-0.4, -0.2) is 55.5 Å². The van der Waals surface area contributed by atoms with Crippen molar-refractivity contribution in [2.45, 2.75) is 52.6 Å². The Morgan fingerprint density at radius 3 is 2.50 bits per heavy atom. The SMILES string of the molecule is CCCN1CCC(NC(=NCc2cccc(C(=O)NCC)c2)NCC)CC1.I. The third-order valence-corrected chi connectivity index (χ3v) is 4.76. The van der Waals surface area contributed by atoms with Gasteiger partial charge in [-0.2, -0.15) is 0 Å². The number of rotatable bonds is 8. The van der Waals surface area contributed by atoms with Crippen molar-refractivity contribution in [1.82, 2.24) is 20.9 Å². The summed E-state index contributed by atoms with van der Waals surface area (Å²) < 4.78 is 0. The van der Waals surface area contributed by atoms with Crippen molar-refractivity contribution in [2.24, 2.45) is 4.99 Å². The third-order valence-electron chi connectivity index (χ3n) is 4.76. The Morgan fingerprint density at radius 2 is 1.86 bits per heavy atom. The average Bonchev–Trinajstić information content (AvgIpc) is 2.68. The van der Waals surface area contributed by atoms with E-state index in [9.17, 15) is 4.79 Å². The zero-order valence-corrected chi connectivity index (χ0v) is 19.8. The van der Waals surface area contributed by atoms with Gasteiger partial charge in [-0.3, -0.25) is 4.79 Å². The molecule has 6 nitrogen and oxygen atoms in total. The number of aliphatic imine (C=N–C) groups is 1. The van der Waals surface area contributed by atoms with Crippen LogP contribution in [0.3, 0.4) is 0 Å². The summed E-state index contributed by atoms with van der Waals surface area (Å²) in [6.45, 7) is 11.8. The molecule has 28 heavy (non-hydrogen) atoms. The van der Waals surface area contributed by atoms with Gasteiger partial charge in [-0.1, -0.05) is 19.1 Å². The van der Waals surface area contributed by atoms with E-state index in [0.29, 0.717) is 24.7 Å². The quantitative estimate of drug-likeness (QED) is 0.291. The van der Waals surface area contributed by atoms with E-state index in [1.54, 1.807) is 0 Å². The van der Waals surface area contributed by atoms with E-state index < -0.39 is 0 Å². The van der Waals surface area contributed by atoms with Crippen LogP contribution in [0.15, 0.2) is 29.3 Å². The number of benzene rings is 1. The van der Waals surface area contributed by atoms with Gasteiger partial charge in [0, 0.05) is 37.8 Å². The van der Waals surface area contributed by atoms with Crippen molar-refractivity contribution in [1.29, 1.82) is 0 Å². The molecule has 0 aromatic heterocycles. The molecule has 0 radical (unpaired) electrons. The molecule has 1 aliphatic heterocycles. The van der Waals surface area contributed by atoms with Crippen LogP contribution in [-0.2, 0) is 6.54 Å². The first-order chi connectivity index (χ1) is 13.2. The van der Waals surface area contributed by atoms with Crippen LogP contribution >= 0.6 is 24.0 Å². The predicted octanol–water partition coefficient (Wildman–Crippen LogP) is 2.98. The van der Waals surface area contributed by atoms with Crippen LogP contribution in [0, 0.1) is 0 Å². The average molecular weight is 501 g/mol. The van der Waals surface area contributed by atoms with E-state index in [2.05, 4.69) is 34.7 Å². The van der Waals surface area contributed by atoms with Crippen molar-refractivity contribution in [3.05, 3.63) is 35.4 Å². The Labute approximate surface area is 187 Å². The molecule has 0 unspecified atom stereocenters. The number of carbonyl (C=O) groups is 1. The lowest BCUT2D eigenvalue weighted by Gasteiger charge is -2.32. The molecule has 0 saturated carbocycles. The van der Waals surface area contributed by atoms with Gasteiger partial charge in [-0.15, -0.1) is 24.0 Å². The minimum atomic E-state index is -0.0350. The molecule has 1 aliphatic rings. The predicted molar refractivity (Wildman–Crippen MR) is 128 cm³/mol. The lowest BCUT2D eigenvalue weighted by Crippen LogP contribution is -2.48. The highest BCUT2D eigenvalue weighted by Gasteiger charge is 2.19. The van der Waals surface area contributed by atoms with Crippen LogP contribution in [0.25, 0.3) is 0 Å². The maximum atomic E-state index is 12.0. The van der Waals surface area contributed by atoms with Crippen molar-refractivity contribution >= 4 is 35.8 Å². The van der Waals surface area contributed by atoms with Gasteiger partial charge in [0.15, 0.2) is 5.96 Å². The highest BCUT2D eigenvalue weighted by atomic mass is 127. The van der Waals surface area contributed by atoms with Crippen molar-refractivity contribution in [2.75, 3.05) is 32.7 Å². The van der Waals surface area contributed by atoms with Gasteiger partial charge in [-0.05, 0) is 57.4 Å². The summed E-state index contributed by atoms with van der Waals surface area (Å²) in [4.78, 5) is 19.3. The Balaban J connectivity index is 0.00000392. The number of hydrogen-bond acceptors (Lipinski definition) is 3. The Morgan fingerprint density at radius 1 is 1.14 bits per heavy atom. The molecule has 0 atom stereocenters. The zero-order chi connectivity index (χ0) is 19.5. The summed E-state index contributed by atoms with van der Waals surface area (Å²) >= 11 is 0. The number of hydrogen-bond donors (Lipinski definition) is 3. The monoisotopic (exact) mass is 501 g/mol. The first kappa shape index (κ1) is 24.7. The highest BCUT2D eigenvalue weighted by molar-refractivity contribution is 14.0. The van der Waals surface area contributed by atoms with E-state index >= 15 is 0 Å². The zero-order valence-electron chi connectivity index (χ0n) is 17.5. The number of guanidine groups is 1. The summed E-state index contributed by atoms with van der Waals surface area (Å²) in [7, 11) is 0. The Bertz CT molecular complexity index is 615. The van der Waals surface area contributed by atoms with Gasteiger partial charge >= 0.3 is 0 Å². The molecule has 7 heteroatoms. The lowest BCUT2D eigenvalue weighted by molar-refractivity contribution is 0.0955. The second-order valence-electron chi connectivity index (χ2n) is 7.02. The molecule has 0 spiro atoms. The molecule has 1 amide bonds. The molecule has 0 aliphatic carbocycles. The van der Waals surface area contributed by atoms with E-state index in [4.69, 9.17) is 4.99 Å². The number of nitrogens with one attached hydrogen (secondary N) is 3. The third kappa shape index (κ3) is 8.34. The molecule has 1 fully saturated rings. The topological polar surface area (TPSA) is 68.8 Å². The van der Waals surface area contributed by atoms with E-state index in [1.165, 1.54) is 13.0 Å². The van der Waals surface area contributed by atoms with E-state index in [-0.39, 0.29) is 29.9 Å². The van der Waals surface area contributed by atoms with Gasteiger partial charge in [-0.25, -0.2) is 4.99 Å². The second-order valence-corrected chi connectivity index (χ2v) is 7.02. The molecule has 1 aromatic carbocycles. The molecule has 0 bridgehead atoms. The standard InChI is InChI=1S/C21H35N5O.HI/c1-4-12-26-13-10-19(11-14-26)25-21(23-6-3)24-16-17-8-7-9-18(15-17)20(27)22-5-2;/h7-9,15,19H,4-6,10-14,16H2,1-3H3,(H,22,27)(H2,23,24,25);1H. The number of carbonyl (C=O) groups excluding carboxylic acids is 1. The van der Waals surface area contributed by atoms with Crippen molar-refractivity contribution in [3.8, 4) is 0 Å². The molecular formula is C21H36IN5O. The van der Waals surface area contributed by atoms with E-state index in [1.807, 2.05) is 31.2 Å². The number of amides is 1. The van der Waals surface area contributed by atoms with Crippen LogP contribution in [0.2, 0.25) is 0 Å². The molecule has 1 saturated heterocycles. The number of piperidine rings is 1. The fraction of sp³-hybridized carbons (Fsp3) is 0.619. The Kier molecular flexibility index (Phi) is 12.1. The summed E-state index contributed by atoms with van der Waals surface area (Å²) in [6.07, 6.45) is 3.52. The molecule has 1 heterocycles. The van der Waals surface area contributed by atoms with E-state index in [0.717, 1.165) is 44.0 Å². The maximum Gasteiger partial charge on any atom is 0.251 e. The normalized spacial score (nSPS) is 15.6. The first-order valence-corrected chi connectivity index (χ1v) is 10.3. The Hall–Kier alpha value is -1.35. The summed E-state index contributed by atoms with van der Waals surface area (Å²) in [5, 5.41) is 9.76. The van der Waals surface area contributed by atoms with Gasteiger partial charge in [0.25, 0.3) is 5.91 Å². The van der Waals surface area contributed by atoms with Gasteiger partial charge < -0.3 is 20.9 Å². The van der Waals surface area contributed by atoms with Gasteiger partial charge in [0.2, 0.25) is 0 Å². The molecule has 2 rings (SSSR count). The van der Waals surface area contributed by atoms with Gasteiger partial charge in [0.1, 0.15) is 0 Å². The summed E-state index contributed by atoms with van der Waals surface area (Å²) in [5.41, 5.74) is 1.72. The summed E-state index contributed by atoms with van der Waals surface area (Å²) in [6, 6.07) is 8.16. The minimum Gasteiger partial charge on any atom is -0.357 e. The van der Waals surface area contributed by atoms with Crippen LogP contribution in [0.5, 0.6) is 0 Å². The number of likely N-dealkylation sites (tertiary alicyclic amines) is 1. The largest absolute Gasteiger partial charge is 0.357 e. The first-order valence-electron chi connectivity index (χ1n) is 10.3. The second kappa shape index (κ2) is 13.8. The minimum absolute atomic E-state index is 0. The van der Waals surface area contributed by atoms with Crippen LogP contribution in [0.1, 0.15) is 56.0 Å². The maximum absolute atomic E-state index is 12.0. The number of halogens is 1. The molecule has 3 N–H and O–H groups in total. The fourth-order valence-electron chi connectivity index (χ4n) is 3.37. The highest BCUT2D eigenvalue weighted by Crippen LogP contribution is 2.11. The molecule has 1 aromatic rings. The molecule has 158 valence electrons. The smallest absolute Gasteiger partial charge is 0.251 e. The van der Waals surface area contributed by atoms with Crippen LogP contribution in [0.4, 0.5) is 0 Å². The van der Waals surface area contributed by atoms with Crippen LogP contribution < -0.4 is 16.0 Å². The van der Waals surface area contributed by atoms with Crippen molar-refractivity contribution in [3.63, 3.8) is 0 Å². The molecular weight excluding hydrogens is 465 g/mol.